The molecule has 0 aliphatic rings. The Morgan fingerprint density at radius 2 is 1.78 bits per heavy atom. The molecule has 0 unspecified atom stereocenters. The SMILES string of the molecule is COc1ccc([C@H](COS(=O)(=O)c2ccc(C)cc2)OC)cn1. The third-order valence-electron chi connectivity index (χ3n) is 3.31. The summed E-state index contributed by atoms with van der Waals surface area (Å²) in [7, 11) is -0.824. The molecule has 124 valence electrons. The summed E-state index contributed by atoms with van der Waals surface area (Å²) in [6, 6.07) is 9.90. The topological polar surface area (TPSA) is 74.7 Å². The zero-order valence-corrected chi connectivity index (χ0v) is 14.0. The zero-order valence-electron chi connectivity index (χ0n) is 13.2. The maximum Gasteiger partial charge on any atom is 0.297 e. The van der Waals surface area contributed by atoms with Gasteiger partial charge in [0.25, 0.3) is 10.1 Å². The van der Waals surface area contributed by atoms with E-state index in [0.717, 1.165) is 5.56 Å². The molecule has 0 radical (unpaired) electrons. The van der Waals surface area contributed by atoms with Crippen LogP contribution in [0.15, 0.2) is 47.5 Å². The molecular weight excluding hydrogens is 318 g/mol. The normalized spacial score (nSPS) is 12.8. The molecule has 6 nitrogen and oxygen atoms in total. The molecule has 7 heteroatoms. The van der Waals surface area contributed by atoms with Crippen LogP contribution < -0.4 is 4.74 Å². The summed E-state index contributed by atoms with van der Waals surface area (Å²) in [5.41, 5.74) is 1.68. The average Bonchev–Trinajstić information content (AvgIpc) is 2.56. The highest BCUT2D eigenvalue weighted by Gasteiger charge is 2.19. The quantitative estimate of drug-likeness (QED) is 0.723. The fourth-order valence-electron chi connectivity index (χ4n) is 1.93. The zero-order chi connectivity index (χ0) is 16.9. The van der Waals surface area contributed by atoms with Crippen molar-refractivity contribution < 1.29 is 22.1 Å². The first kappa shape index (κ1) is 17.4. The second-order valence-electron chi connectivity index (χ2n) is 4.91. The van der Waals surface area contributed by atoms with Gasteiger partial charge in [-0.2, -0.15) is 8.42 Å². The number of ether oxygens (including phenoxy) is 2. The van der Waals surface area contributed by atoms with Crippen LogP contribution in [0.3, 0.4) is 0 Å². The minimum absolute atomic E-state index is 0.116. The molecule has 2 rings (SSSR count). The molecule has 0 N–H and O–H groups in total. The van der Waals surface area contributed by atoms with Gasteiger partial charge in [0.2, 0.25) is 5.88 Å². The summed E-state index contributed by atoms with van der Waals surface area (Å²) in [6.07, 6.45) is 1.02. The first-order chi connectivity index (χ1) is 11.0. The smallest absolute Gasteiger partial charge is 0.297 e. The van der Waals surface area contributed by atoms with Gasteiger partial charge in [0.05, 0.1) is 18.6 Å². The number of hydrogen-bond acceptors (Lipinski definition) is 6. The van der Waals surface area contributed by atoms with Crippen molar-refractivity contribution in [2.24, 2.45) is 0 Å². The number of pyridine rings is 1. The molecule has 1 aromatic heterocycles. The van der Waals surface area contributed by atoms with E-state index in [1.165, 1.54) is 26.4 Å². The lowest BCUT2D eigenvalue weighted by Gasteiger charge is -2.16. The van der Waals surface area contributed by atoms with E-state index in [1.807, 2.05) is 6.92 Å². The number of nitrogens with zero attached hydrogens (tertiary/aromatic N) is 1. The third-order valence-corrected chi connectivity index (χ3v) is 4.60. The van der Waals surface area contributed by atoms with Crippen LogP contribution in [0.5, 0.6) is 5.88 Å². The largest absolute Gasteiger partial charge is 0.481 e. The van der Waals surface area contributed by atoms with Crippen LogP contribution in [-0.2, 0) is 19.0 Å². The number of aryl methyl sites for hydroxylation is 1. The van der Waals surface area contributed by atoms with Gasteiger partial charge in [-0.05, 0) is 25.1 Å². The van der Waals surface area contributed by atoms with Crippen LogP contribution in [-0.4, -0.2) is 34.2 Å². The van der Waals surface area contributed by atoms with Crippen LogP contribution in [0.2, 0.25) is 0 Å². The van der Waals surface area contributed by atoms with Crippen molar-refractivity contribution in [1.82, 2.24) is 4.98 Å². The highest BCUT2D eigenvalue weighted by Crippen LogP contribution is 2.21. The lowest BCUT2D eigenvalue weighted by atomic mass is 10.2. The highest BCUT2D eigenvalue weighted by atomic mass is 32.2. The van der Waals surface area contributed by atoms with Crippen LogP contribution in [0, 0.1) is 6.92 Å². The van der Waals surface area contributed by atoms with Crippen molar-refractivity contribution in [2.75, 3.05) is 20.8 Å². The monoisotopic (exact) mass is 337 g/mol. The summed E-state index contributed by atoms with van der Waals surface area (Å²) >= 11 is 0. The maximum absolute atomic E-state index is 12.2. The Kier molecular flexibility index (Phi) is 5.70. The summed E-state index contributed by atoms with van der Waals surface area (Å²) in [5.74, 6) is 0.469. The van der Waals surface area contributed by atoms with Gasteiger partial charge < -0.3 is 9.47 Å². The molecule has 23 heavy (non-hydrogen) atoms. The highest BCUT2D eigenvalue weighted by molar-refractivity contribution is 7.86. The van der Waals surface area contributed by atoms with Crippen molar-refractivity contribution in [3.8, 4) is 5.88 Å². The lowest BCUT2D eigenvalue weighted by Crippen LogP contribution is -2.15. The number of hydrogen-bond donors (Lipinski definition) is 0. The second-order valence-corrected chi connectivity index (χ2v) is 6.53. The molecule has 2 aromatic rings. The maximum atomic E-state index is 12.2. The number of rotatable bonds is 7. The molecular formula is C16H19NO5S. The van der Waals surface area contributed by atoms with E-state index in [-0.39, 0.29) is 11.5 Å². The van der Waals surface area contributed by atoms with E-state index in [0.29, 0.717) is 11.4 Å². The summed E-state index contributed by atoms with van der Waals surface area (Å²) in [6.45, 7) is 1.75. The lowest BCUT2D eigenvalue weighted by molar-refractivity contribution is 0.0595. The van der Waals surface area contributed by atoms with Gasteiger partial charge in [0.1, 0.15) is 6.10 Å². The van der Waals surface area contributed by atoms with E-state index in [4.69, 9.17) is 13.7 Å². The van der Waals surface area contributed by atoms with E-state index >= 15 is 0 Å². The fraction of sp³-hybridized carbons (Fsp3) is 0.312. The molecule has 0 saturated heterocycles. The average molecular weight is 337 g/mol. The van der Waals surface area contributed by atoms with Crippen LogP contribution in [0.4, 0.5) is 0 Å². The molecule has 0 aliphatic heterocycles. The molecule has 0 saturated carbocycles. The first-order valence-corrected chi connectivity index (χ1v) is 8.36. The first-order valence-electron chi connectivity index (χ1n) is 6.95. The van der Waals surface area contributed by atoms with Crippen LogP contribution in [0.25, 0.3) is 0 Å². The van der Waals surface area contributed by atoms with Crippen LogP contribution >= 0.6 is 0 Å². The third kappa shape index (κ3) is 4.51. The Bertz CT molecular complexity index is 726. The molecule has 0 amide bonds. The summed E-state index contributed by atoms with van der Waals surface area (Å²) in [5, 5.41) is 0. The number of benzene rings is 1. The molecule has 1 heterocycles. The van der Waals surface area contributed by atoms with Crippen molar-refractivity contribution in [1.29, 1.82) is 0 Å². The van der Waals surface area contributed by atoms with Crippen molar-refractivity contribution >= 4 is 10.1 Å². The molecule has 0 aliphatic carbocycles. The van der Waals surface area contributed by atoms with E-state index in [9.17, 15) is 8.42 Å². The minimum atomic E-state index is -3.83. The van der Waals surface area contributed by atoms with E-state index in [1.54, 1.807) is 30.5 Å². The van der Waals surface area contributed by atoms with Gasteiger partial charge in [-0.25, -0.2) is 4.98 Å². The molecule has 0 bridgehead atoms. The second kappa shape index (κ2) is 7.54. The molecule has 1 aromatic carbocycles. The Balaban J connectivity index is 2.08. The van der Waals surface area contributed by atoms with E-state index < -0.39 is 16.2 Å². The van der Waals surface area contributed by atoms with Gasteiger partial charge in [-0.3, -0.25) is 4.18 Å². The molecule has 0 spiro atoms. The molecule has 1 atom stereocenters. The van der Waals surface area contributed by atoms with Crippen molar-refractivity contribution in [3.05, 3.63) is 53.7 Å². The van der Waals surface area contributed by atoms with E-state index in [2.05, 4.69) is 4.98 Å². The Labute approximate surface area is 136 Å². The predicted octanol–water partition coefficient (Wildman–Crippen LogP) is 2.49. The fourth-order valence-corrected chi connectivity index (χ4v) is 2.84. The number of aromatic nitrogens is 1. The Morgan fingerprint density at radius 1 is 1.09 bits per heavy atom. The molecule has 0 fully saturated rings. The van der Waals surface area contributed by atoms with Crippen LogP contribution in [0.1, 0.15) is 17.2 Å². The van der Waals surface area contributed by atoms with Gasteiger partial charge in [0, 0.05) is 24.9 Å². The standard InChI is InChI=1S/C16H19NO5S/c1-12-4-7-14(8-5-12)23(18,19)22-11-15(20-2)13-6-9-16(21-3)17-10-13/h4-10,15H,11H2,1-3H3/t15-/m0/s1. The minimum Gasteiger partial charge on any atom is -0.481 e. The Hall–Kier alpha value is -1.96. The summed E-state index contributed by atoms with van der Waals surface area (Å²) < 4.78 is 39.7. The summed E-state index contributed by atoms with van der Waals surface area (Å²) in [4.78, 5) is 4.19. The predicted molar refractivity (Wildman–Crippen MR) is 84.9 cm³/mol. The van der Waals surface area contributed by atoms with Crippen molar-refractivity contribution in [2.45, 2.75) is 17.9 Å². The van der Waals surface area contributed by atoms with Gasteiger partial charge in [-0.15, -0.1) is 0 Å². The van der Waals surface area contributed by atoms with Gasteiger partial charge in [-0.1, -0.05) is 17.7 Å². The number of methoxy groups -OCH3 is 2. The Morgan fingerprint density at radius 3 is 2.30 bits per heavy atom. The van der Waals surface area contributed by atoms with Gasteiger partial charge in [0.15, 0.2) is 0 Å². The van der Waals surface area contributed by atoms with Crippen molar-refractivity contribution in [3.63, 3.8) is 0 Å². The van der Waals surface area contributed by atoms with Gasteiger partial charge >= 0.3 is 0 Å².